The quantitative estimate of drug-likeness (QED) is 0.763. The Balaban J connectivity index is 1.85. The van der Waals surface area contributed by atoms with Gasteiger partial charge < -0.3 is 0 Å². The highest BCUT2D eigenvalue weighted by Crippen LogP contribution is 2.34. The van der Waals surface area contributed by atoms with E-state index in [-0.39, 0.29) is 5.82 Å². The van der Waals surface area contributed by atoms with Gasteiger partial charge in [0.05, 0.1) is 0 Å². The Morgan fingerprint density at radius 1 is 1.11 bits per heavy atom. The lowest BCUT2D eigenvalue weighted by Crippen LogP contribution is -2.37. The molecule has 0 radical (unpaired) electrons. The maximum absolute atomic E-state index is 12.8. The van der Waals surface area contributed by atoms with Gasteiger partial charge in [0.2, 0.25) is 0 Å². The zero-order chi connectivity index (χ0) is 13.2. The molecular formula is C16H24FN. The van der Waals surface area contributed by atoms with Crippen molar-refractivity contribution in [1.82, 2.24) is 4.90 Å². The summed E-state index contributed by atoms with van der Waals surface area (Å²) in [7, 11) is 0. The maximum Gasteiger partial charge on any atom is 0.123 e. The highest BCUT2D eigenvalue weighted by Gasteiger charge is 2.28. The van der Waals surface area contributed by atoms with Crippen molar-refractivity contribution in [2.24, 2.45) is 11.3 Å². The van der Waals surface area contributed by atoms with Gasteiger partial charge in [-0.1, -0.05) is 32.9 Å². The average Bonchev–Trinajstić information content (AvgIpc) is 2.32. The van der Waals surface area contributed by atoms with Gasteiger partial charge in [-0.2, -0.15) is 0 Å². The summed E-state index contributed by atoms with van der Waals surface area (Å²) in [6.45, 7) is 10.3. The summed E-state index contributed by atoms with van der Waals surface area (Å²) >= 11 is 0. The van der Waals surface area contributed by atoms with Crippen LogP contribution in [0.2, 0.25) is 0 Å². The van der Waals surface area contributed by atoms with Crippen molar-refractivity contribution in [2.75, 3.05) is 13.1 Å². The summed E-state index contributed by atoms with van der Waals surface area (Å²) in [5.41, 5.74) is 1.65. The molecule has 1 aliphatic heterocycles. The van der Waals surface area contributed by atoms with Gasteiger partial charge in [-0.15, -0.1) is 0 Å². The van der Waals surface area contributed by atoms with Gasteiger partial charge in [-0.05, 0) is 55.0 Å². The molecule has 2 rings (SSSR count). The fourth-order valence-electron chi connectivity index (χ4n) is 2.81. The molecule has 2 heteroatoms. The number of rotatable bonds is 2. The van der Waals surface area contributed by atoms with Crippen molar-refractivity contribution in [3.05, 3.63) is 35.6 Å². The molecule has 1 aromatic carbocycles. The van der Waals surface area contributed by atoms with Crippen LogP contribution >= 0.6 is 0 Å². The largest absolute Gasteiger partial charge is 0.299 e. The summed E-state index contributed by atoms with van der Waals surface area (Å²) in [6, 6.07) is 6.89. The first kappa shape index (κ1) is 13.5. The van der Waals surface area contributed by atoms with Crippen molar-refractivity contribution >= 4 is 0 Å². The first-order valence-electron chi connectivity index (χ1n) is 6.92. The smallest absolute Gasteiger partial charge is 0.123 e. The number of hydrogen-bond donors (Lipinski definition) is 0. The second kappa shape index (κ2) is 5.40. The molecule has 0 amide bonds. The number of hydrogen-bond acceptors (Lipinski definition) is 1. The zero-order valence-corrected chi connectivity index (χ0v) is 11.7. The van der Waals surface area contributed by atoms with Crippen molar-refractivity contribution in [3.63, 3.8) is 0 Å². The molecule has 1 nitrogen and oxygen atoms in total. The van der Waals surface area contributed by atoms with E-state index in [2.05, 4.69) is 25.7 Å². The topological polar surface area (TPSA) is 3.24 Å². The van der Waals surface area contributed by atoms with E-state index < -0.39 is 0 Å². The molecule has 0 aromatic heterocycles. The molecular weight excluding hydrogens is 225 g/mol. The van der Waals surface area contributed by atoms with Gasteiger partial charge in [0, 0.05) is 6.54 Å². The van der Waals surface area contributed by atoms with Gasteiger partial charge in [0.1, 0.15) is 5.82 Å². The molecule has 18 heavy (non-hydrogen) atoms. The van der Waals surface area contributed by atoms with Crippen LogP contribution in [0.4, 0.5) is 4.39 Å². The lowest BCUT2D eigenvalue weighted by Gasteiger charge is -2.38. The summed E-state index contributed by atoms with van der Waals surface area (Å²) in [4.78, 5) is 2.48. The lowest BCUT2D eigenvalue weighted by molar-refractivity contribution is 0.108. The Hall–Kier alpha value is -0.890. The Morgan fingerprint density at radius 2 is 1.67 bits per heavy atom. The van der Waals surface area contributed by atoms with Crippen LogP contribution in [0, 0.1) is 17.2 Å². The Kier molecular flexibility index (Phi) is 4.06. The number of halogens is 1. The summed E-state index contributed by atoms with van der Waals surface area (Å²) in [6.07, 6.45) is 2.56. The average molecular weight is 249 g/mol. The molecule has 0 aliphatic carbocycles. The second-order valence-electron chi connectivity index (χ2n) is 6.54. The molecule has 0 N–H and O–H groups in total. The van der Waals surface area contributed by atoms with E-state index in [9.17, 15) is 4.39 Å². The van der Waals surface area contributed by atoms with Crippen LogP contribution < -0.4 is 0 Å². The number of likely N-dealkylation sites (tertiary alicyclic amines) is 1. The Labute approximate surface area is 110 Å². The SMILES string of the molecule is CC(C)(C)C1CCN(Cc2ccc(F)cc2)CC1. The van der Waals surface area contributed by atoms with Crippen molar-refractivity contribution in [3.8, 4) is 0 Å². The maximum atomic E-state index is 12.8. The van der Waals surface area contributed by atoms with E-state index in [0.29, 0.717) is 5.41 Å². The minimum Gasteiger partial charge on any atom is -0.299 e. The molecule has 1 fully saturated rings. The molecule has 0 saturated carbocycles. The van der Waals surface area contributed by atoms with Gasteiger partial charge >= 0.3 is 0 Å². The van der Waals surface area contributed by atoms with E-state index in [1.807, 2.05) is 12.1 Å². The molecule has 0 bridgehead atoms. The summed E-state index contributed by atoms with van der Waals surface area (Å²) < 4.78 is 12.8. The minimum absolute atomic E-state index is 0.148. The van der Waals surface area contributed by atoms with Gasteiger partial charge in [0.25, 0.3) is 0 Å². The fraction of sp³-hybridized carbons (Fsp3) is 0.625. The van der Waals surface area contributed by atoms with Crippen molar-refractivity contribution in [1.29, 1.82) is 0 Å². The molecule has 1 aliphatic rings. The van der Waals surface area contributed by atoms with Crippen LogP contribution in [0.15, 0.2) is 24.3 Å². The third-order valence-corrected chi connectivity index (χ3v) is 4.13. The van der Waals surface area contributed by atoms with Crippen LogP contribution in [-0.2, 0) is 6.54 Å². The Bertz CT molecular complexity index is 369. The predicted octanol–water partition coefficient (Wildman–Crippen LogP) is 4.08. The fourth-order valence-corrected chi connectivity index (χ4v) is 2.81. The normalized spacial score (nSPS) is 19.1. The molecule has 1 saturated heterocycles. The van der Waals surface area contributed by atoms with E-state index in [4.69, 9.17) is 0 Å². The monoisotopic (exact) mass is 249 g/mol. The zero-order valence-electron chi connectivity index (χ0n) is 11.7. The minimum atomic E-state index is -0.148. The third kappa shape index (κ3) is 3.55. The summed E-state index contributed by atoms with van der Waals surface area (Å²) in [5, 5.41) is 0. The molecule has 0 atom stereocenters. The third-order valence-electron chi connectivity index (χ3n) is 4.13. The molecule has 1 heterocycles. The first-order chi connectivity index (χ1) is 8.45. The highest BCUT2D eigenvalue weighted by atomic mass is 19.1. The predicted molar refractivity (Wildman–Crippen MR) is 73.9 cm³/mol. The van der Waals surface area contributed by atoms with E-state index in [1.165, 1.54) is 31.5 Å². The van der Waals surface area contributed by atoms with Crippen LogP contribution in [0.3, 0.4) is 0 Å². The van der Waals surface area contributed by atoms with Crippen LogP contribution in [0.5, 0.6) is 0 Å². The summed E-state index contributed by atoms with van der Waals surface area (Å²) in [5.74, 6) is 0.687. The highest BCUT2D eigenvalue weighted by molar-refractivity contribution is 5.15. The Morgan fingerprint density at radius 3 is 2.17 bits per heavy atom. The first-order valence-corrected chi connectivity index (χ1v) is 6.92. The number of benzene rings is 1. The standard InChI is InChI=1S/C16H24FN/c1-16(2,3)14-8-10-18(11-9-14)12-13-4-6-15(17)7-5-13/h4-7,14H,8-12H2,1-3H3. The lowest BCUT2D eigenvalue weighted by atomic mass is 9.75. The van der Waals surface area contributed by atoms with E-state index in [1.54, 1.807) is 12.1 Å². The van der Waals surface area contributed by atoms with E-state index in [0.717, 1.165) is 12.5 Å². The number of piperidine rings is 1. The molecule has 100 valence electrons. The molecule has 0 spiro atoms. The number of nitrogens with zero attached hydrogens (tertiary/aromatic N) is 1. The van der Waals surface area contributed by atoms with Gasteiger partial charge in [-0.25, -0.2) is 4.39 Å². The second-order valence-corrected chi connectivity index (χ2v) is 6.54. The van der Waals surface area contributed by atoms with Crippen LogP contribution in [-0.4, -0.2) is 18.0 Å². The van der Waals surface area contributed by atoms with Crippen LogP contribution in [0.25, 0.3) is 0 Å². The van der Waals surface area contributed by atoms with Crippen molar-refractivity contribution < 1.29 is 4.39 Å². The van der Waals surface area contributed by atoms with Crippen LogP contribution in [0.1, 0.15) is 39.2 Å². The van der Waals surface area contributed by atoms with Crippen molar-refractivity contribution in [2.45, 2.75) is 40.2 Å². The van der Waals surface area contributed by atoms with Gasteiger partial charge in [-0.3, -0.25) is 4.90 Å². The molecule has 0 unspecified atom stereocenters. The van der Waals surface area contributed by atoms with Gasteiger partial charge in [0.15, 0.2) is 0 Å². The van der Waals surface area contributed by atoms with E-state index >= 15 is 0 Å². The molecule has 1 aromatic rings.